The molecule has 6 rings (SSSR count). The Labute approximate surface area is 268 Å². The third kappa shape index (κ3) is 5.69. The van der Waals surface area contributed by atoms with Crippen molar-refractivity contribution >= 4 is 29.1 Å². The molecule has 2 atom stereocenters. The Hall–Kier alpha value is -4.81. The van der Waals surface area contributed by atoms with Gasteiger partial charge in [0.05, 0.1) is 23.5 Å². The van der Waals surface area contributed by atoms with Crippen molar-refractivity contribution in [1.29, 1.82) is 0 Å². The first-order valence-corrected chi connectivity index (χ1v) is 15.2. The quantitative estimate of drug-likeness (QED) is 0.265. The number of hydrogen-bond donors (Lipinski definition) is 3. The van der Waals surface area contributed by atoms with E-state index in [1.54, 1.807) is 30.3 Å². The number of nitrogens with zero attached hydrogens (tertiary/aromatic N) is 3. The van der Waals surface area contributed by atoms with E-state index >= 15 is 4.39 Å². The monoisotopic (exact) mass is 646 g/mol. The Morgan fingerprint density at radius 1 is 1.09 bits per heavy atom. The van der Waals surface area contributed by atoms with Crippen molar-refractivity contribution in [2.75, 3.05) is 19.0 Å². The van der Waals surface area contributed by atoms with Crippen molar-refractivity contribution in [2.24, 2.45) is 14.1 Å². The number of hydrogen-bond acceptors (Lipinski definition) is 7. The van der Waals surface area contributed by atoms with E-state index in [4.69, 9.17) is 21.3 Å². The molecule has 238 valence electrons. The summed E-state index contributed by atoms with van der Waals surface area (Å²) >= 11 is 6.71. The maximum atomic E-state index is 16.3. The summed E-state index contributed by atoms with van der Waals surface area (Å²) in [6.45, 7) is 0.638. The third-order valence-corrected chi connectivity index (χ3v) is 8.96. The number of aromatic nitrogens is 3. The fourth-order valence-electron chi connectivity index (χ4n) is 6.15. The summed E-state index contributed by atoms with van der Waals surface area (Å²) in [6, 6.07) is 11.7. The van der Waals surface area contributed by atoms with Gasteiger partial charge in [-0.2, -0.15) is 0 Å². The first-order chi connectivity index (χ1) is 22.1. The van der Waals surface area contributed by atoms with Crippen molar-refractivity contribution in [2.45, 2.75) is 37.8 Å². The summed E-state index contributed by atoms with van der Waals surface area (Å²) in [5.41, 5.74) is 1.70. The highest BCUT2D eigenvalue weighted by atomic mass is 35.5. The van der Waals surface area contributed by atoms with Crippen LogP contribution < -0.4 is 31.9 Å². The predicted molar refractivity (Wildman–Crippen MR) is 172 cm³/mol. The second-order valence-corrected chi connectivity index (χ2v) is 11.9. The molecule has 11 nitrogen and oxygen atoms in total. The first-order valence-electron chi connectivity index (χ1n) is 14.8. The fraction of sp³-hybridized carbons (Fsp3) is 0.303. The molecule has 2 amide bonds. The Balaban J connectivity index is 1.29. The minimum absolute atomic E-state index is 0.00195. The number of fused-ring (bicyclic) bond motifs is 1. The zero-order chi connectivity index (χ0) is 32.7. The highest BCUT2D eigenvalue weighted by Crippen LogP contribution is 2.42. The van der Waals surface area contributed by atoms with E-state index in [1.807, 2.05) is 6.07 Å². The maximum Gasteiger partial charge on any atom is 0.330 e. The lowest BCUT2D eigenvalue weighted by atomic mass is 9.98. The van der Waals surface area contributed by atoms with Gasteiger partial charge >= 0.3 is 5.69 Å². The van der Waals surface area contributed by atoms with Gasteiger partial charge in [0.15, 0.2) is 0 Å². The summed E-state index contributed by atoms with van der Waals surface area (Å²) in [7, 11) is 4.25. The van der Waals surface area contributed by atoms with E-state index in [1.165, 1.54) is 27.3 Å². The Kier molecular flexibility index (Phi) is 8.49. The second kappa shape index (κ2) is 12.5. The van der Waals surface area contributed by atoms with Crippen molar-refractivity contribution < 1.29 is 18.7 Å². The molecule has 2 unspecified atom stereocenters. The number of ether oxygens (including phenoxy) is 1. The molecule has 0 saturated carbocycles. The summed E-state index contributed by atoms with van der Waals surface area (Å²) in [4.78, 5) is 53.9. The van der Waals surface area contributed by atoms with Crippen LogP contribution in [0, 0.1) is 5.82 Å². The Morgan fingerprint density at radius 2 is 1.83 bits per heavy atom. The topological polar surface area (TPSA) is 136 Å². The molecule has 1 aliphatic carbocycles. The fourth-order valence-corrected chi connectivity index (χ4v) is 6.42. The van der Waals surface area contributed by atoms with Crippen LogP contribution in [0.25, 0.3) is 22.4 Å². The Morgan fingerprint density at radius 3 is 2.57 bits per heavy atom. The number of halogens is 2. The van der Waals surface area contributed by atoms with Gasteiger partial charge in [0.25, 0.3) is 11.5 Å². The largest absolute Gasteiger partial charge is 0.481 e. The average Bonchev–Trinajstić information content (AvgIpc) is 3.66. The second-order valence-electron chi connectivity index (χ2n) is 11.5. The molecule has 2 aliphatic rings. The van der Waals surface area contributed by atoms with Gasteiger partial charge < -0.3 is 25.3 Å². The van der Waals surface area contributed by atoms with E-state index in [2.05, 4.69) is 16.0 Å². The molecule has 46 heavy (non-hydrogen) atoms. The van der Waals surface area contributed by atoms with Crippen molar-refractivity contribution in [3.8, 4) is 28.3 Å². The first kappa shape index (κ1) is 31.2. The van der Waals surface area contributed by atoms with Crippen molar-refractivity contribution in [1.82, 2.24) is 24.8 Å². The van der Waals surface area contributed by atoms with Gasteiger partial charge in [-0.05, 0) is 43.0 Å². The molecular weight excluding hydrogens is 615 g/mol. The molecule has 4 aromatic rings. The standard InChI is InChI=1S/C33H32ClFN6O5/c1-40-16-22(32(44)41(2)33(40)45)30(43)38-24-9-5-6-19(28(24)34)20-7-4-8-21(29(20)35)25-14-17-10-12-23(27(17)31(39-25)46-3)36-15-18-11-13-26(42)37-18/h4-9,14,16,18,23,36H,10-13,15H2,1-3H3,(H,37,42)(H,38,43). The van der Waals surface area contributed by atoms with E-state index in [9.17, 15) is 19.2 Å². The SMILES string of the molecule is COc1nc(-c2cccc(-c3cccc(NC(=O)c4cn(C)c(=O)n(C)c4=O)c3Cl)c2F)cc2c1C(NCC1CCC(=O)N1)CC2. The van der Waals surface area contributed by atoms with Crippen LogP contribution in [0.2, 0.25) is 5.02 Å². The van der Waals surface area contributed by atoms with Crippen LogP contribution >= 0.6 is 11.6 Å². The number of anilines is 1. The van der Waals surface area contributed by atoms with E-state index in [0.29, 0.717) is 30.1 Å². The van der Waals surface area contributed by atoms with Gasteiger partial charge in [-0.1, -0.05) is 35.9 Å². The van der Waals surface area contributed by atoms with Gasteiger partial charge in [-0.15, -0.1) is 0 Å². The zero-order valence-corrected chi connectivity index (χ0v) is 26.2. The van der Waals surface area contributed by atoms with Crippen LogP contribution in [-0.4, -0.2) is 45.6 Å². The number of benzene rings is 2. The van der Waals surface area contributed by atoms with E-state index < -0.39 is 23.0 Å². The smallest absolute Gasteiger partial charge is 0.330 e. The number of aryl methyl sites for hydroxylation is 2. The molecule has 0 radical (unpaired) electrons. The average molecular weight is 647 g/mol. The van der Waals surface area contributed by atoms with Crippen LogP contribution in [0.3, 0.4) is 0 Å². The van der Waals surface area contributed by atoms with Crippen molar-refractivity contribution in [3.63, 3.8) is 0 Å². The van der Waals surface area contributed by atoms with Crippen LogP contribution in [0.1, 0.15) is 46.8 Å². The Bertz CT molecular complexity index is 2010. The van der Waals surface area contributed by atoms with Gasteiger partial charge in [0, 0.05) is 67.6 Å². The molecule has 1 saturated heterocycles. The molecule has 0 spiro atoms. The lowest BCUT2D eigenvalue weighted by Crippen LogP contribution is -2.40. The molecular formula is C33H32ClFN6O5. The number of amides is 2. The molecule has 2 aromatic carbocycles. The van der Waals surface area contributed by atoms with Crippen LogP contribution in [0.4, 0.5) is 10.1 Å². The van der Waals surface area contributed by atoms with Gasteiger partial charge in [-0.25, -0.2) is 14.2 Å². The minimum Gasteiger partial charge on any atom is -0.481 e. The highest BCUT2D eigenvalue weighted by molar-refractivity contribution is 6.36. The molecule has 1 aliphatic heterocycles. The number of carbonyl (C=O) groups is 2. The van der Waals surface area contributed by atoms with E-state index in [-0.39, 0.29) is 45.4 Å². The molecule has 1 fully saturated rings. The van der Waals surface area contributed by atoms with Gasteiger partial charge in [0.1, 0.15) is 11.4 Å². The summed E-state index contributed by atoms with van der Waals surface area (Å²) < 4.78 is 24.0. The van der Waals surface area contributed by atoms with Crippen molar-refractivity contribution in [3.05, 3.63) is 97.0 Å². The lowest BCUT2D eigenvalue weighted by molar-refractivity contribution is -0.119. The third-order valence-electron chi connectivity index (χ3n) is 8.55. The number of nitrogens with one attached hydrogen (secondary N) is 3. The zero-order valence-electron chi connectivity index (χ0n) is 25.4. The molecule has 3 heterocycles. The summed E-state index contributed by atoms with van der Waals surface area (Å²) in [6.07, 6.45) is 4.06. The van der Waals surface area contributed by atoms with Crippen LogP contribution in [0.15, 0.2) is 58.3 Å². The van der Waals surface area contributed by atoms with Crippen LogP contribution in [-0.2, 0) is 25.3 Å². The molecule has 3 N–H and O–H groups in total. The molecule has 0 bridgehead atoms. The maximum absolute atomic E-state index is 16.3. The molecule has 2 aromatic heterocycles. The summed E-state index contributed by atoms with van der Waals surface area (Å²) in [5.74, 6) is -0.841. The van der Waals surface area contributed by atoms with Gasteiger partial charge in [0.2, 0.25) is 11.8 Å². The number of carbonyl (C=O) groups excluding carboxylic acids is 2. The van der Waals surface area contributed by atoms with Gasteiger partial charge in [-0.3, -0.25) is 19.0 Å². The molecule has 13 heteroatoms. The number of methoxy groups -OCH3 is 1. The minimum atomic E-state index is -0.764. The lowest BCUT2D eigenvalue weighted by Gasteiger charge is -2.19. The predicted octanol–water partition coefficient (Wildman–Crippen LogP) is 3.72. The van der Waals surface area contributed by atoms with E-state index in [0.717, 1.165) is 45.7 Å². The summed E-state index contributed by atoms with van der Waals surface area (Å²) in [5, 5.41) is 9.20. The highest BCUT2D eigenvalue weighted by Gasteiger charge is 2.30. The van der Waals surface area contributed by atoms with Crippen LogP contribution in [0.5, 0.6) is 5.88 Å². The number of rotatable bonds is 8. The normalized spacial score (nSPS) is 17.1. The number of pyridine rings is 1.